The van der Waals surface area contributed by atoms with E-state index in [9.17, 15) is 9.70 Å². The van der Waals surface area contributed by atoms with Crippen LogP contribution in [0.25, 0.3) is 0 Å². The molecule has 1 N–H and O–H groups in total. The van der Waals surface area contributed by atoms with Crippen LogP contribution in [0.3, 0.4) is 0 Å². The van der Waals surface area contributed by atoms with Gasteiger partial charge in [-0.3, -0.25) is 0 Å². The van der Waals surface area contributed by atoms with Crippen molar-refractivity contribution in [3.63, 3.8) is 0 Å². The molecule has 0 aliphatic heterocycles. The Balaban J connectivity index is 2.82. The summed E-state index contributed by atoms with van der Waals surface area (Å²) in [5, 5.41) is 11.4. The number of methoxy groups -OCH3 is 1. The molecule has 0 aromatic heterocycles. The van der Waals surface area contributed by atoms with E-state index in [1.165, 1.54) is 25.3 Å². The molecule has 0 radical (unpaired) electrons. The molecule has 1 aromatic rings. The SMILES string of the molecule is COCCOc1ccc(C(=O)O)c(N=O)c1. The fourth-order valence-electron chi connectivity index (χ4n) is 1.10. The summed E-state index contributed by atoms with van der Waals surface area (Å²) in [6.45, 7) is 0.728. The summed E-state index contributed by atoms with van der Waals surface area (Å²) in [6.07, 6.45) is 0. The predicted octanol–water partition coefficient (Wildman–Crippen LogP) is 1.81. The van der Waals surface area contributed by atoms with Crippen LogP contribution in [0.15, 0.2) is 23.4 Å². The molecule has 0 atom stereocenters. The first kappa shape index (κ1) is 12.1. The van der Waals surface area contributed by atoms with E-state index in [4.69, 9.17) is 14.6 Å². The molecule has 6 nitrogen and oxygen atoms in total. The lowest BCUT2D eigenvalue weighted by atomic mass is 10.2. The van der Waals surface area contributed by atoms with Gasteiger partial charge in [-0.2, -0.15) is 0 Å². The van der Waals surface area contributed by atoms with E-state index >= 15 is 0 Å². The molecule has 1 rings (SSSR count). The monoisotopic (exact) mass is 225 g/mol. The summed E-state index contributed by atoms with van der Waals surface area (Å²) >= 11 is 0. The Hall–Kier alpha value is -1.95. The molecule has 0 aliphatic rings. The zero-order valence-corrected chi connectivity index (χ0v) is 8.67. The third-order valence-corrected chi connectivity index (χ3v) is 1.85. The standard InChI is InChI=1S/C10H11NO5/c1-15-4-5-16-7-2-3-8(10(12)13)9(6-7)11-14/h2-3,6H,4-5H2,1H3,(H,12,13). The van der Waals surface area contributed by atoms with Gasteiger partial charge in [-0.05, 0) is 17.3 Å². The van der Waals surface area contributed by atoms with Crippen LogP contribution < -0.4 is 4.74 Å². The maximum atomic E-state index is 10.7. The van der Waals surface area contributed by atoms with Gasteiger partial charge in [-0.25, -0.2) is 4.79 Å². The predicted molar refractivity (Wildman–Crippen MR) is 56.2 cm³/mol. The summed E-state index contributed by atoms with van der Waals surface area (Å²) < 4.78 is 9.98. The van der Waals surface area contributed by atoms with Crippen LogP contribution in [0.5, 0.6) is 5.75 Å². The van der Waals surface area contributed by atoms with E-state index in [1.54, 1.807) is 0 Å². The Morgan fingerprint density at radius 1 is 1.44 bits per heavy atom. The van der Waals surface area contributed by atoms with Gasteiger partial charge in [0.05, 0.1) is 12.2 Å². The van der Waals surface area contributed by atoms with E-state index < -0.39 is 5.97 Å². The van der Waals surface area contributed by atoms with Crippen LogP contribution in [0, 0.1) is 4.91 Å². The summed E-state index contributed by atoms with van der Waals surface area (Å²) in [4.78, 5) is 21.1. The first-order valence-corrected chi connectivity index (χ1v) is 4.51. The molecule has 0 saturated carbocycles. The molecule has 0 spiro atoms. The van der Waals surface area contributed by atoms with Crippen molar-refractivity contribution in [2.75, 3.05) is 20.3 Å². The average molecular weight is 225 g/mol. The molecule has 0 aliphatic carbocycles. The number of carbonyl (C=O) groups is 1. The van der Waals surface area contributed by atoms with Crippen molar-refractivity contribution in [2.45, 2.75) is 0 Å². The summed E-state index contributed by atoms with van der Waals surface area (Å²) in [6, 6.07) is 4.03. The van der Waals surface area contributed by atoms with Crippen LogP contribution >= 0.6 is 0 Å². The second-order valence-corrected chi connectivity index (χ2v) is 2.92. The van der Waals surface area contributed by atoms with Crippen LogP contribution in [-0.4, -0.2) is 31.4 Å². The van der Waals surface area contributed by atoms with Gasteiger partial charge in [0.15, 0.2) is 0 Å². The third kappa shape index (κ3) is 3.03. The number of hydrogen-bond acceptors (Lipinski definition) is 5. The number of nitrogens with zero attached hydrogens (tertiary/aromatic N) is 1. The molecule has 86 valence electrons. The summed E-state index contributed by atoms with van der Waals surface area (Å²) in [5.74, 6) is -0.810. The lowest BCUT2D eigenvalue weighted by Crippen LogP contribution is -2.04. The molecule has 6 heteroatoms. The Bertz CT molecular complexity index is 391. The number of hydrogen-bond donors (Lipinski definition) is 1. The van der Waals surface area contributed by atoms with Crippen molar-refractivity contribution < 1.29 is 19.4 Å². The van der Waals surface area contributed by atoms with Crippen molar-refractivity contribution >= 4 is 11.7 Å². The van der Waals surface area contributed by atoms with Gasteiger partial charge < -0.3 is 14.6 Å². The van der Waals surface area contributed by atoms with E-state index in [2.05, 4.69) is 5.18 Å². The fraction of sp³-hybridized carbons (Fsp3) is 0.300. The van der Waals surface area contributed by atoms with E-state index in [-0.39, 0.29) is 11.3 Å². The highest BCUT2D eigenvalue weighted by atomic mass is 16.5. The zero-order valence-electron chi connectivity index (χ0n) is 8.67. The molecule has 0 saturated heterocycles. The van der Waals surface area contributed by atoms with Crippen LogP contribution in [-0.2, 0) is 4.74 Å². The lowest BCUT2D eigenvalue weighted by molar-refractivity contribution is 0.0697. The molecule has 16 heavy (non-hydrogen) atoms. The van der Waals surface area contributed by atoms with Gasteiger partial charge in [0.1, 0.15) is 18.0 Å². The Kier molecular flexibility index (Phi) is 4.41. The lowest BCUT2D eigenvalue weighted by Gasteiger charge is -2.06. The van der Waals surface area contributed by atoms with Crippen molar-refractivity contribution in [2.24, 2.45) is 5.18 Å². The largest absolute Gasteiger partial charge is 0.491 e. The maximum absolute atomic E-state index is 10.7. The smallest absolute Gasteiger partial charge is 0.338 e. The molecule has 1 aromatic carbocycles. The van der Waals surface area contributed by atoms with Crippen LogP contribution in [0.1, 0.15) is 10.4 Å². The normalized spacial score (nSPS) is 9.81. The average Bonchev–Trinajstić information content (AvgIpc) is 2.29. The molecule has 0 bridgehead atoms. The topological polar surface area (TPSA) is 85.2 Å². The number of benzene rings is 1. The Morgan fingerprint density at radius 2 is 2.19 bits per heavy atom. The quantitative estimate of drug-likeness (QED) is 0.589. The van der Waals surface area contributed by atoms with Gasteiger partial charge in [0, 0.05) is 13.2 Å². The first-order chi connectivity index (χ1) is 7.69. The van der Waals surface area contributed by atoms with E-state index in [0.717, 1.165) is 0 Å². The van der Waals surface area contributed by atoms with Gasteiger partial charge >= 0.3 is 5.97 Å². The minimum absolute atomic E-state index is 0.144. The zero-order chi connectivity index (χ0) is 12.0. The minimum Gasteiger partial charge on any atom is -0.491 e. The van der Waals surface area contributed by atoms with Crippen LogP contribution in [0.2, 0.25) is 0 Å². The molecule has 0 fully saturated rings. The van der Waals surface area contributed by atoms with Crippen molar-refractivity contribution in [3.05, 3.63) is 28.7 Å². The van der Waals surface area contributed by atoms with Crippen molar-refractivity contribution in [1.29, 1.82) is 0 Å². The third-order valence-electron chi connectivity index (χ3n) is 1.85. The van der Waals surface area contributed by atoms with E-state index in [0.29, 0.717) is 19.0 Å². The summed E-state index contributed by atoms with van der Waals surface area (Å²) in [5.41, 5.74) is -0.295. The number of carboxylic acid groups (broad SMARTS) is 1. The number of rotatable bonds is 6. The second-order valence-electron chi connectivity index (χ2n) is 2.92. The Morgan fingerprint density at radius 3 is 2.75 bits per heavy atom. The van der Waals surface area contributed by atoms with Gasteiger partial charge in [0.25, 0.3) is 0 Å². The van der Waals surface area contributed by atoms with Gasteiger partial charge in [0.2, 0.25) is 0 Å². The summed E-state index contributed by atoms with van der Waals surface area (Å²) in [7, 11) is 1.54. The molecule has 0 unspecified atom stereocenters. The number of ether oxygens (including phenoxy) is 2. The number of aromatic carboxylic acids is 1. The minimum atomic E-state index is -1.20. The Labute approximate surface area is 91.8 Å². The van der Waals surface area contributed by atoms with E-state index in [1.807, 2.05) is 0 Å². The molecular weight excluding hydrogens is 214 g/mol. The number of carboxylic acids is 1. The fourth-order valence-corrected chi connectivity index (χ4v) is 1.10. The second kappa shape index (κ2) is 5.82. The van der Waals surface area contributed by atoms with Crippen molar-refractivity contribution in [1.82, 2.24) is 0 Å². The van der Waals surface area contributed by atoms with Crippen LogP contribution in [0.4, 0.5) is 5.69 Å². The molecular formula is C10H11NO5. The highest BCUT2D eigenvalue weighted by Crippen LogP contribution is 2.25. The van der Waals surface area contributed by atoms with Gasteiger partial charge in [-0.1, -0.05) is 0 Å². The highest BCUT2D eigenvalue weighted by Gasteiger charge is 2.11. The maximum Gasteiger partial charge on any atom is 0.338 e. The number of nitroso groups, excluding NO2 is 1. The first-order valence-electron chi connectivity index (χ1n) is 4.51. The van der Waals surface area contributed by atoms with Crippen molar-refractivity contribution in [3.8, 4) is 5.75 Å². The highest BCUT2D eigenvalue weighted by molar-refractivity contribution is 5.93. The molecule has 0 heterocycles. The van der Waals surface area contributed by atoms with Gasteiger partial charge in [-0.15, -0.1) is 4.91 Å². The molecule has 0 amide bonds.